The molecule has 0 bridgehead atoms. The van der Waals surface area contributed by atoms with Crippen LogP contribution in [0.25, 0.3) is 6.08 Å². The first-order chi connectivity index (χ1) is 10.2. The van der Waals surface area contributed by atoms with Crippen LogP contribution in [0.15, 0.2) is 29.8 Å². The van der Waals surface area contributed by atoms with Gasteiger partial charge in [-0.1, -0.05) is 24.3 Å². The van der Waals surface area contributed by atoms with Crippen LogP contribution >= 0.6 is 0 Å². The minimum Gasteiger partial charge on any atom is -0.462 e. The van der Waals surface area contributed by atoms with Gasteiger partial charge < -0.3 is 9.47 Å². The van der Waals surface area contributed by atoms with E-state index in [1.807, 2.05) is 18.2 Å². The highest BCUT2D eigenvalue weighted by Gasteiger charge is 2.24. The maximum Gasteiger partial charge on any atom is 0.345 e. The lowest BCUT2D eigenvalue weighted by Crippen LogP contribution is -2.18. The van der Waals surface area contributed by atoms with E-state index in [-0.39, 0.29) is 18.8 Å². The molecule has 1 aliphatic carbocycles. The van der Waals surface area contributed by atoms with Crippen LogP contribution in [0.2, 0.25) is 0 Å². The molecule has 0 aliphatic heterocycles. The Balaban J connectivity index is 2.27. The third kappa shape index (κ3) is 4.18. The highest BCUT2D eigenvalue weighted by molar-refractivity contribution is 6.17. The van der Waals surface area contributed by atoms with Crippen molar-refractivity contribution in [1.82, 2.24) is 0 Å². The predicted octanol–water partition coefficient (Wildman–Crippen LogP) is 3.07. The Morgan fingerprint density at radius 2 is 1.76 bits per heavy atom. The summed E-state index contributed by atoms with van der Waals surface area (Å²) in [4.78, 5) is 23.8. The van der Waals surface area contributed by atoms with Crippen LogP contribution in [0.4, 0.5) is 0 Å². The fourth-order valence-electron chi connectivity index (χ4n) is 2.10. The lowest BCUT2D eigenvalue weighted by molar-refractivity contribution is -0.146. The third-order valence-electron chi connectivity index (χ3n) is 3.26. The molecule has 0 amide bonds. The van der Waals surface area contributed by atoms with Gasteiger partial charge >= 0.3 is 11.9 Å². The maximum absolute atomic E-state index is 11.9. The first-order valence-electron chi connectivity index (χ1n) is 7.31. The molecule has 1 aliphatic rings. The Hall–Kier alpha value is -2.10. The molecular weight excluding hydrogens is 268 g/mol. The summed E-state index contributed by atoms with van der Waals surface area (Å²) in [5.41, 5.74) is 2.00. The Morgan fingerprint density at radius 3 is 2.29 bits per heavy atom. The zero-order valence-corrected chi connectivity index (χ0v) is 12.4. The van der Waals surface area contributed by atoms with Crippen molar-refractivity contribution < 1.29 is 19.1 Å². The lowest BCUT2D eigenvalue weighted by Gasteiger charge is -2.07. The number of carbonyl (C=O) groups excluding carboxylic acids is 2. The van der Waals surface area contributed by atoms with Crippen molar-refractivity contribution in [3.05, 3.63) is 41.0 Å². The molecule has 1 aromatic carbocycles. The zero-order valence-electron chi connectivity index (χ0n) is 12.4. The summed E-state index contributed by atoms with van der Waals surface area (Å²) in [5.74, 6) is -0.674. The molecule has 1 fully saturated rings. The average Bonchev–Trinajstić information content (AvgIpc) is 3.30. The molecule has 0 saturated heterocycles. The molecule has 0 radical (unpaired) electrons. The lowest BCUT2D eigenvalue weighted by atomic mass is 10.0. The van der Waals surface area contributed by atoms with Crippen molar-refractivity contribution in [3.8, 4) is 0 Å². The van der Waals surface area contributed by atoms with Crippen LogP contribution in [0.5, 0.6) is 0 Å². The molecule has 0 spiro atoms. The van der Waals surface area contributed by atoms with Gasteiger partial charge in [-0.05, 0) is 49.8 Å². The van der Waals surface area contributed by atoms with Crippen LogP contribution in [-0.4, -0.2) is 25.2 Å². The molecule has 4 heteroatoms. The van der Waals surface area contributed by atoms with Gasteiger partial charge in [-0.2, -0.15) is 0 Å². The van der Waals surface area contributed by atoms with Gasteiger partial charge in [0.05, 0.1) is 13.2 Å². The highest BCUT2D eigenvalue weighted by atomic mass is 16.6. The maximum atomic E-state index is 11.9. The van der Waals surface area contributed by atoms with E-state index in [2.05, 4.69) is 6.07 Å². The second-order valence-electron chi connectivity index (χ2n) is 4.94. The van der Waals surface area contributed by atoms with E-state index < -0.39 is 11.9 Å². The first kappa shape index (κ1) is 15.3. The van der Waals surface area contributed by atoms with E-state index in [0.29, 0.717) is 5.92 Å². The molecule has 2 rings (SSSR count). The second-order valence-corrected chi connectivity index (χ2v) is 4.94. The van der Waals surface area contributed by atoms with Gasteiger partial charge in [0, 0.05) is 0 Å². The number of ether oxygens (including phenoxy) is 2. The van der Waals surface area contributed by atoms with Crippen LogP contribution in [-0.2, 0) is 19.1 Å². The standard InChI is InChI=1S/C17H20O4/c1-3-20-16(18)15(17(19)21-4-2)11-12-6-5-7-14(10-12)13-8-9-13/h5-7,10-11,13H,3-4,8-9H2,1-2H3. The van der Waals surface area contributed by atoms with Gasteiger partial charge in [0.2, 0.25) is 0 Å². The molecule has 21 heavy (non-hydrogen) atoms. The number of carbonyl (C=O) groups is 2. The molecule has 0 N–H and O–H groups in total. The molecule has 4 nitrogen and oxygen atoms in total. The van der Waals surface area contributed by atoms with Crippen molar-refractivity contribution >= 4 is 18.0 Å². The summed E-state index contributed by atoms with van der Waals surface area (Å²) in [6.45, 7) is 3.85. The van der Waals surface area contributed by atoms with Crippen molar-refractivity contribution in [2.24, 2.45) is 0 Å². The average molecular weight is 288 g/mol. The van der Waals surface area contributed by atoms with Gasteiger partial charge in [0.25, 0.3) is 0 Å². The van der Waals surface area contributed by atoms with Crippen LogP contribution in [0, 0.1) is 0 Å². The van der Waals surface area contributed by atoms with E-state index in [4.69, 9.17) is 9.47 Å². The molecule has 0 aromatic heterocycles. The van der Waals surface area contributed by atoms with Crippen LogP contribution in [0.3, 0.4) is 0 Å². The van der Waals surface area contributed by atoms with Gasteiger partial charge in [0.1, 0.15) is 5.57 Å². The molecule has 0 atom stereocenters. The molecule has 112 valence electrons. The van der Waals surface area contributed by atoms with Crippen molar-refractivity contribution in [2.75, 3.05) is 13.2 Å². The van der Waals surface area contributed by atoms with E-state index in [0.717, 1.165) is 5.56 Å². The molecule has 0 unspecified atom stereocenters. The monoisotopic (exact) mass is 288 g/mol. The molecule has 1 saturated carbocycles. The smallest absolute Gasteiger partial charge is 0.345 e. The molecule has 1 aromatic rings. The van der Waals surface area contributed by atoms with Crippen LogP contribution < -0.4 is 0 Å². The molecular formula is C17H20O4. The van der Waals surface area contributed by atoms with Crippen molar-refractivity contribution in [2.45, 2.75) is 32.6 Å². The van der Waals surface area contributed by atoms with E-state index >= 15 is 0 Å². The fraction of sp³-hybridized carbons (Fsp3) is 0.412. The largest absolute Gasteiger partial charge is 0.462 e. The Morgan fingerprint density at radius 1 is 1.14 bits per heavy atom. The summed E-state index contributed by atoms with van der Waals surface area (Å²) >= 11 is 0. The van der Waals surface area contributed by atoms with E-state index in [1.54, 1.807) is 19.9 Å². The number of benzene rings is 1. The number of hydrogen-bond acceptors (Lipinski definition) is 4. The third-order valence-corrected chi connectivity index (χ3v) is 3.26. The fourth-order valence-corrected chi connectivity index (χ4v) is 2.10. The minimum atomic E-state index is -0.646. The minimum absolute atomic E-state index is 0.0633. The topological polar surface area (TPSA) is 52.6 Å². The summed E-state index contributed by atoms with van der Waals surface area (Å²) in [6.07, 6.45) is 3.95. The normalized spacial score (nSPS) is 13.4. The molecule has 0 heterocycles. The van der Waals surface area contributed by atoms with Gasteiger partial charge in [-0.25, -0.2) is 9.59 Å². The van der Waals surface area contributed by atoms with E-state index in [9.17, 15) is 9.59 Å². The second kappa shape index (κ2) is 7.07. The Kier molecular flexibility index (Phi) is 5.14. The van der Waals surface area contributed by atoms with Gasteiger partial charge in [-0.15, -0.1) is 0 Å². The SMILES string of the molecule is CCOC(=O)C(=Cc1cccc(C2CC2)c1)C(=O)OCC. The van der Waals surface area contributed by atoms with Crippen LogP contribution in [0.1, 0.15) is 43.7 Å². The summed E-state index contributed by atoms with van der Waals surface area (Å²) in [5, 5.41) is 0. The number of hydrogen-bond donors (Lipinski definition) is 0. The van der Waals surface area contributed by atoms with Gasteiger partial charge in [-0.3, -0.25) is 0 Å². The van der Waals surface area contributed by atoms with Crippen molar-refractivity contribution in [1.29, 1.82) is 0 Å². The quantitative estimate of drug-likeness (QED) is 0.349. The highest BCUT2D eigenvalue weighted by Crippen LogP contribution is 2.40. The summed E-state index contributed by atoms with van der Waals surface area (Å²) in [6, 6.07) is 7.89. The van der Waals surface area contributed by atoms with Crippen molar-refractivity contribution in [3.63, 3.8) is 0 Å². The predicted molar refractivity (Wildman–Crippen MR) is 79.7 cm³/mol. The Bertz CT molecular complexity index is 536. The summed E-state index contributed by atoms with van der Waals surface area (Å²) < 4.78 is 9.85. The summed E-state index contributed by atoms with van der Waals surface area (Å²) in [7, 11) is 0. The van der Waals surface area contributed by atoms with Gasteiger partial charge in [0.15, 0.2) is 0 Å². The zero-order chi connectivity index (χ0) is 15.2. The number of rotatable bonds is 6. The Labute approximate surface area is 124 Å². The van der Waals surface area contributed by atoms with E-state index in [1.165, 1.54) is 18.4 Å². The first-order valence-corrected chi connectivity index (χ1v) is 7.31. The number of esters is 2.